The summed E-state index contributed by atoms with van der Waals surface area (Å²) in [5.41, 5.74) is -0.561. The SMILES string of the molecule is CCN(C(=O)N[C@@H](CCC(F)(F)F)C(F)(F)F)[C@@H](c1cc(-c2cc(OC)n3nccc3n2)c(OC)cn1)C(F)(F)F. The molecule has 0 saturated heterocycles. The van der Waals surface area contributed by atoms with Gasteiger partial charge in [-0.25, -0.2) is 9.78 Å². The fraction of sp³-hybridized carbons (Fsp3) is 0.478. The number of hydrogen-bond donors (Lipinski definition) is 1. The number of rotatable bonds is 9. The molecule has 3 heterocycles. The number of hydrogen-bond acceptors (Lipinski definition) is 6. The van der Waals surface area contributed by atoms with Gasteiger partial charge in [0.05, 0.1) is 38.0 Å². The van der Waals surface area contributed by atoms with Gasteiger partial charge in [-0.3, -0.25) is 4.98 Å². The lowest BCUT2D eigenvalue weighted by molar-refractivity contribution is -0.182. The van der Waals surface area contributed by atoms with Crippen LogP contribution in [0, 0.1) is 0 Å². The Bertz CT molecular complexity index is 1360. The van der Waals surface area contributed by atoms with E-state index in [1.165, 1.54) is 42.4 Å². The third-order valence-corrected chi connectivity index (χ3v) is 5.83. The minimum absolute atomic E-state index is 0.000899. The largest absolute Gasteiger partial charge is 0.494 e. The van der Waals surface area contributed by atoms with Crippen LogP contribution in [0.25, 0.3) is 16.9 Å². The highest BCUT2D eigenvalue weighted by molar-refractivity contribution is 5.76. The van der Waals surface area contributed by atoms with Crippen molar-refractivity contribution in [3.05, 3.63) is 36.3 Å². The fourth-order valence-corrected chi connectivity index (χ4v) is 3.94. The molecule has 3 aromatic rings. The minimum atomic E-state index is -5.36. The summed E-state index contributed by atoms with van der Waals surface area (Å²) in [5.74, 6) is 0.110. The molecule has 0 spiro atoms. The number of carbonyl (C=O) groups is 1. The Labute approximate surface area is 226 Å². The molecular formula is C23H23F9N6O3. The van der Waals surface area contributed by atoms with E-state index < -0.39 is 61.7 Å². The smallest absolute Gasteiger partial charge is 0.414 e. The summed E-state index contributed by atoms with van der Waals surface area (Å²) in [6.45, 7) is 0.276. The van der Waals surface area contributed by atoms with Gasteiger partial charge in [0.2, 0.25) is 5.88 Å². The van der Waals surface area contributed by atoms with E-state index in [4.69, 9.17) is 9.47 Å². The molecule has 2 amide bonds. The average Bonchev–Trinajstić information content (AvgIpc) is 3.35. The van der Waals surface area contributed by atoms with Gasteiger partial charge < -0.3 is 19.7 Å². The summed E-state index contributed by atoms with van der Waals surface area (Å²) in [4.78, 5) is 20.8. The van der Waals surface area contributed by atoms with Crippen LogP contribution in [0.3, 0.4) is 0 Å². The van der Waals surface area contributed by atoms with Crippen molar-refractivity contribution in [3.8, 4) is 22.9 Å². The minimum Gasteiger partial charge on any atom is -0.494 e. The summed E-state index contributed by atoms with van der Waals surface area (Å²) >= 11 is 0. The molecule has 9 nitrogen and oxygen atoms in total. The van der Waals surface area contributed by atoms with Crippen molar-refractivity contribution in [2.75, 3.05) is 20.8 Å². The van der Waals surface area contributed by atoms with Crippen molar-refractivity contribution in [2.24, 2.45) is 0 Å². The Morgan fingerprint density at radius 1 is 1.05 bits per heavy atom. The molecule has 0 fully saturated rings. The molecule has 0 aliphatic heterocycles. The van der Waals surface area contributed by atoms with E-state index in [1.54, 1.807) is 0 Å². The molecule has 0 aliphatic rings. The zero-order valence-electron chi connectivity index (χ0n) is 21.5. The molecule has 1 N–H and O–H groups in total. The van der Waals surface area contributed by atoms with Gasteiger partial charge in [-0.1, -0.05) is 0 Å². The fourth-order valence-electron chi connectivity index (χ4n) is 3.94. The normalized spacial score (nSPS) is 14.0. The molecule has 18 heteroatoms. The molecule has 0 radical (unpaired) electrons. The van der Waals surface area contributed by atoms with Crippen molar-refractivity contribution in [1.82, 2.24) is 29.8 Å². The lowest BCUT2D eigenvalue weighted by Gasteiger charge is -2.34. The lowest BCUT2D eigenvalue weighted by atomic mass is 10.1. The van der Waals surface area contributed by atoms with Crippen LogP contribution >= 0.6 is 0 Å². The summed E-state index contributed by atoms with van der Waals surface area (Å²) in [5, 5.41) is 5.28. The number of urea groups is 1. The number of nitrogens with zero attached hydrogens (tertiary/aromatic N) is 5. The van der Waals surface area contributed by atoms with Crippen LogP contribution < -0.4 is 14.8 Å². The highest BCUT2D eigenvalue weighted by Crippen LogP contribution is 2.40. The van der Waals surface area contributed by atoms with Crippen molar-refractivity contribution in [2.45, 2.75) is 50.4 Å². The molecule has 3 aromatic heterocycles. The second-order valence-corrected chi connectivity index (χ2v) is 8.52. The van der Waals surface area contributed by atoms with Crippen LogP contribution in [-0.4, -0.2) is 75.8 Å². The van der Waals surface area contributed by atoms with E-state index in [2.05, 4.69) is 15.1 Å². The molecule has 41 heavy (non-hydrogen) atoms. The highest BCUT2D eigenvalue weighted by atomic mass is 19.4. The van der Waals surface area contributed by atoms with Crippen LogP contribution in [0.15, 0.2) is 30.6 Å². The number of alkyl halides is 9. The summed E-state index contributed by atoms with van der Waals surface area (Å²) in [7, 11) is 2.52. The lowest BCUT2D eigenvalue weighted by Crippen LogP contribution is -2.53. The maximum absolute atomic E-state index is 14.4. The van der Waals surface area contributed by atoms with Crippen LogP contribution in [0.5, 0.6) is 11.6 Å². The molecule has 0 aromatic carbocycles. The van der Waals surface area contributed by atoms with E-state index in [1.807, 2.05) is 0 Å². The summed E-state index contributed by atoms with van der Waals surface area (Å²) < 4.78 is 133. The molecule has 0 saturated carbocycles. The van der Waals surface area contributed by atoms with E-state index in [9.17, 15) is 44.3 Å². The Hall–Kier alpha value is -3.99. The Morgan fingerprint density at radius 3 is 2.27 bits per heavy atom. The number of halogens is 9. The summed E-state index contributed by atoms with van der Waals surface area (Å²) in [6.07, 6.45) is -16.9. The van der Waals surface area contributed by atoms with Crippen molar-refractivity contribution < 1.29 is 53.8 Å². The maximum atomic E-state index is 14.4. The van der Waals surface area contributed by atoms with Gasteiger partial charge in [0, 0.05) is 30.7 Å². The van der Waals surface area contributed by atoms with Crippen LogP contribution in [-0.2, 0) is 0 Å². The van der Waals surface area contributed by atoms with Crippen molar-refractivity contribution >= 4 is 11.7 Å². The highest BCUT2D eigenvalue weighted by Gasteiger charge is 2.49. The first-order valence-electron chi connectivity index (χ1n) is 11.7. The number of aromatic nitrogens is 4. The first-order valence-corrected chi connectivity index (χ1v) is 11.7. The molecule has 0 bridgehead atoms. The molecule has 3 rings (SSSR count). The number of pyridine rings is 1. The van der Waals surface area contributed by atoms with E-state index >= 15 is 0 Å². The average molecular weight is 602 g/mol. The molecule has 0 aliphatic carbocycles. The topological polar surface area (TPSA) is 93.9 Å². The van der Waals surface area contributed by atoms with Gasteiger partial charge in [0.1, 0.15) is 11.8 Å². The Kier molecular flexibility index (Phi) is 9.12. The third kappa shape index (κ3) is 7.40. The van der Waals surface area contributed by atoms with Gasteiger partial charge in [0.15, 0.2) is 11.7 Å². The predicted molar refractivity (Wildman–Crippen MR) is 124 cm³/mol. The molecule has 0 unspecified atom stereocenters. The van der Waals surface area contributed by atoms with E-state index in [0.29, 0.717) is 0 Å². The van der Waals surface area contributed by atoms with Gasteiger partial charge >= 0.3 is 24.6 Å². The first-order chi connectivity index (χ1) is 19.0. The summed E-state index contributed by atoms with van der Waals surface area (Å²) in [6, 6.07) is -4.13. The number of carbonyl (C=O) groups excluding carboxylic acids is 1. The van der Waals surface area contributed by atoms with Gasteiger partial charge in [-0.05, 0) is 19.4 Å². The van der Waals surface area contributed by atoms with Gasteiger partial charge in [0.25, 0.3) is 0 Å². The predicted octanol–water partition coefficient (Wildman–Crippen LogP) is 5.72. The third-order valence-electron chi connectivity index (χ3n) is 5.83. The number of ether oxygens (including phenoxy) is 2. The van der Waals surface area contributed by atoms with E-state index in [-0.39, 0.29) is 33.4 Å². The number of methoxy groups -OCH3 is 2. The number of amides is 2. The van der Waals surface area contributed by atoms with Crippen LogP contribution in [0.1, 0.15) is 31.5 Å². The molecule has 226 valence electrons. The van der Waals surface area contributed by atoms with E-state index in [0.717, 1.165) is 19.2 Å². The zero-order chi connectivity index (χ0) is 30.8. The molecule has 2 atom stereocenters. The zero-order valence-corrected chi connectivity index (χ0v) is 21.5. The first kappa shape index (κ1) is 31.5. The van der Waals surface area contributed by atoms with Crippen molar-refractivity contribution in [1.29, 1.82) is 0 Å². The van der Waals surface area contributed by atoms with Crippen LogP contribution in [0.4, 0.5) is 44.3 Å². The Balaban J connectivity index is 2.06. The Morgan fingerprint density at radius 2 is 1.73 bits per heavy atom. The van der Waals surface area contributed by atoms with Crippen LogP contribution in [0.2, 0.25) is 0 Å². The van der Waals surface area contributed by atoms with Crippen molar-refractivity contribution in [3.63, 3.8) is 0 Å². The molecular weight excluding hydrogens is 579 g/mol. The maximum Gasteiger partial charge on any atom is 0.414 e. The second-order valence-electron chi connectivity index (χ2n) is 8.52. The number of nitrogens with one attached hydrogen (secondary N) is 1. The second kappa shape index (κ2) is 11.9. The standard InChI is InChI=1S/C23H23F9N6O3/c1-4-37(20(39)36-16(22(27,28)29)5-7-21(24,25)26)19(23(30,31)32)14-9-12(15(40-2)11-33-14)13-10-18(41-3)38-17(35-13)6-8-34-38/h6,8-11,16,19H,4-5,7H2,1-3H3,(H,36,39)/t16-,19-/m0/s1. The quantitative estimate of drug-likeness (QED) is 0.315. The number of fused-ring (bicyclic) bond motifs is 1. The van der Waals surface area contributed by atoms with Gasteiger partial charge in [-0.15, -0.1) is 0 Å². The van der Waals surface area contributed by atoms with Gasteiger partial charge in [-0.2, -0.15) is 49.1 Å². The monoisotopic (exact) mass is 602 g/mol.